The summed E-state index contributed by atoms with van der Waals surface area (Å²) in [4.78, 5) is 21.6. The van der Waals surface area contributed by atoms with Gasteiger partial charge in [0.25, 0.3) is 5.56 Å². The zero-order valence-electron chi connectivity index (χ0n) is 15.9. The minimum absolute atomic E-state index is 0.0564. The van der Waals surface area contributed by atoms with Crippen molar-refractivity contribution >= 4 is 5.82 Å². The predicted octanol–water partition coefficient (Wildman–Crippen LogP) is 1.81. The topological polar surface area (TPSA) is 61.6 Å². The fourth-order valence-corrected chi connectivity index (χ4v) is 3.43. The number of rotatable bonds is 6. The zero-order chi connectivity index (χ0) is 18.7. The Labute approximate surface area is 154 Å². The van der Waals surface area contributed by atoms with Crippen LogP contribution in [0.25, 0.3) is 11.3 Å². The summed E-state index contributed by atoms with van der Waals surface area (Å²) >= 11 is 0. The summed E-state index contributed by atoms with van der Waals surface area (Å²) in [6, 6.07) is 8.34. The van der Waals surface area contributed by atoms with Crippen LogP contribution in [0.5, 0.6) is 0 Å². The molecule has 6 nitrogen and oxygen atoms in total. The van der Waals surface area contributed by atoms with Gasteiger partial charge in [-0.3, -0.25) is 4.79 Å². The summed E-state index contributed by atoms with van der Waals surface area (Å²) < 4.78 is 1.72. The van der Waals surface area contributed by atoms with E-state index in [0.717, 1.165) is 30.8 Å². The summed E-state index contributed by atoms with van der Waals surface area (Å²) in [5.74, 6) is 0.720. The van der Waals surface area contributed by atoms with E-state index in [2.05, 4.69) is 43.3 Å². The van der Waals surface area contributed by atoms with Gasteiger partial charge in [-0.1, -0.05) is 24.3 Å². The maximum absolute atomic E-state index is 12.7. The van der Waals surface area contributed by atoms with Gasteiger partial charge in [0.1, 0.15) is 0 Å². The molecule has 0 saturated carbocycles. The minimum atomic E-state index is -0.0564. The van der Waals surface area contributed by atoms with Gasteiger partial charge in [-0.2, -0.15) is 0 Å². The van der Waals surface area contributed by atoms with Crippen molar-refractivity contribution < 1.29 is 5.11 Å². The van der Waals surface area contributed by atoms with Gasteiger partial charge in [0.05, 0.1) is 5.69 Å². The highest BCUT2D eigenvalue weighted by atomic mass is 16.3. The van der Waals surface area contributed by atoms with Crippen molar-refractivity contribution in [2.75, 3.05) is 38.7 Å². The SMILES string of the molecule is CCn1cc(-c2ccc(CN(C)C)cc2)nc(N2CC[C@@H](CO)C2)c1=O. The Morgan fingerprint density at radius 1 is 1.27 bits per heavy atom. The first-order valence-electron chi connectivity index (χ1n) is 9.23. The van der Waals surface area contributed by atoms with Gasteiger partial charge in [-0.15, -0.1) is 0 Å². The molecule has 1 N–H and O–H groups in total. The van der Waals surface area contributed by atoms with Crippen LogP contribution in [-0.2, 0) is 13.1 Å². The quantitative estimate of drug-likeness (QED) is 0.855. The third-order valence-corrected chi connectivity index (χ3v) is 4.89. The lowest BCUT2D eigenvalue weighted by atomic mass is 10.1. The van der Waals surface area contributed by atoms with E-state index >= 15 is 0 Å². The molecule has 1 aromatic heterocycles. The van der Waals surface area contributed by atoms with Crippen LogP contribution in [0.4, 0.5) is 5.82 Å². The number of aliphatic hydroxyl groups excluding tert-OH is 1. The van der Waals surface area contributed by atoms with Crippen molar-refractivity contribution in [1.82, 2.24) is 14.5 Å². The highest BCUT2D eigenvalue weighted by molar-refractivity contribution is 5.61. The second-order valence-corrected chi connectivity index (χ2v) is 7.26. The molecule has 1 atom stereocenters. The number of benzene rings is 1. The Bertz CT molecular complexity index is 798. The Balaban J connectivity index is 1.95. The van der Waals surface area contributed by atoms with Gasteiger partial charge in [0.15, 0.2) is 5.82 Å². The van der Waals surface area contributed by atoms with Crippen LogP contribution in [0, 0.1) is 5.92 Å². The lowest BCUT2D eigenvalue weighted by Crippen LogP contribution is -2.32. The Hall–Kier alpha value is -2.18. The van der Waals surface area contributed by atoms with Gasteiger partial charge in [-0.05, 0) is 33.0 Å². The molecular formula is C20H28N4O2. The van der Waals surface area contributed by atoms with E-state index < -0.39 is 0 Å². The van der Waals surface area contributed by atoms with Crippen molar-refractivity contribution in [2.45, 2.75) is 26.4 Å². The van der Waals surface area contributed by atoms with Crippen molar-refractivity contribution in [3.63, 3.8) is 0 Å². The summed E-state index contributed by atoms with van der Waals surface area (Å²) in [5, 5.41) is 9.39. The molecule has 0 aliphatic carbocycles. The lowest BCUT2D eigenvalue weighted by Gasteiger charge is -2.19. The first-order valence-corrected chi connectivity index (χ1v) is 9.23. The number of aryl methyl sites for hydroxylation is 1. The molecule has 0 unspecified atom stereocenters. The molecule has 1 saturated heterocycles. The molecule has 2 aromatic rings. The van der Waals surface area contributed by atoms with Crippen LogP contribution in [0.2, 0.25) is 0 Å². The van der Waals surface area contributed by atoms with E-state index in [1.54, 1.807) is 4.57 Å². The van der Waals surface area contributed by atoms with Crippen LogP contribution in [0.15, 0.2) is 35.3 Å². The molecule has 0 bridgehead atoms. The van der Waals surface area contributed by atoms with Crippen LogP contribution in [-0.4, -0.2) is 53.3 Å². The largest absolute Gasteiger partial charge is 0.396 e. The molecule has 26 heavy (non-hydrogen) atoms. The highest BCUT2D eigenvalue weighted by Crippen LogP contribution is 2.23. The molecule has 1 aromatic carbocycles. The summed E-state index contributed by atoms with van der Waals surface area (Å²) in [5.41, 5.74) is 3.01. The van der Waals surface area contributed by atoms with Gasteiger partial charge >= 0.3 is 0 Å². The molecule has 6 heteroatoms. The number of aromatic nitrogens is 2. The monoisotopic (exact) mass is 356 g/mol. The van der Waals surface area contributed by atoms with Gasteiger partial charge in [0, 0.05) is 50.5 Å². The minimum Gasteiger partial charge on any atom is -0.396 e. The predicted molar refractivity (Wildman–Crippen MR) is 104 cm³/mol. The molecule has 1 aliphatic rings. The molecule has 0 spiro atoms. The van der Waals surface area contributed by atoms with Crippen molar-refractivity contribution in [3.05, 3.63) is 46.4 Å². The number of anilines is 1. The van der Waals surface area contributed by atoms with Crippen LogP contribution in [0.1, 0.15) is 18.9 Å². The maximum atomic E-state index is 12.7. The molecule has 1 aliphatic heterocycles. The maximum Gasteiger partial charge on any atom is 0.293 e. The van der Waals surface area contributed by atoms with E-state index in [9.17, 15) is 9.90 Å². The van der Waals surface area contributed by atoms with Crippen molar-refractivity contribution in [1.29, 1.82) is 0 Å². The van der Waals surface area contributed by atoms with E-state index in [-0.39, 0.29) is 18.1 Å². The van der Waals surface area contributed by atoms with E-state index in [1.807, 2.05) is 18.0 Å². The fraction of sp³-hybridized carbons (Fsp3) is 0.500. The molecule has 0 radical (unpaired) electrons. The Kier molecular flexibility index (Phi) is 5.74. The molecule has 1 fully saturated rings. The standard InChI is InChI=1S/C20H28N4O2/c1-4-23-13-18(17-7-5-15(6-8-17)11-22(2)3)21-19(20(23)26)24-10-9-16(12-24)14-25/h5-8,13,16,25H,4,9-12,14H2,1-3H3/t16-/m1/s1. The number of nitrogens with zero attached hydrogens (tertiary/aromatic N) is 4. The third kappa shape index (κ3) is 3.97. The van der Waals surface area contributed by atoms with Crippen molar-refractivity contribution in [2.24, 2.45) is 5.92 Å². The first-order chi connectivity index (χ1) is 12.5. The van der Waals surface area contributed by atoms with Gasteiger partial charge in [0.2, 0.25) is 0 Å². The average Bonchev–Trinajstić information content (AvgIpc) is 3.11. The highest BCUT2D eigenvalue weighted by Gasteiger charge is 2.25. The number of hydrogen-bond donors (Lipinski definition) is 1. The second kappa shape index (κ2) is 8.01. The van der Waals surface area contributed by atoms with E-state index in [1.165, 1.54) is 5.56 Å². The average molecular weight is 356 g/mol. The van der Waals surface area contributed by atoms with Crippen LogP contribution < -0.4 is 10.5 Å². The molecule has 0 amide bonds. The van der Waals surface area contributed by atoms with Crippen molar-refractivity contribution in [3.8, 4) is 11.3 Å². The molecular weight excluding hydrogens is 328 g/mol. The summed E-state index contributed by atoms with van der Waals surface area (Å²) in [6.07, 6.45) is 2.74. The first kappa shape index (κ1) is 18.6. The van der Waals surface area contributed by atoms with Gasteiger partial charge < -0.3 is 19.5 Å². The van der Waals surface area contributed by atoms with Crippen LogP contribution >= 0.6 is 0 Å². The van der Waals surface area contributed by atoms with Crippen LogP contribution in [0.3, 0.4) is 0 Å². The Morgan fingerprint density at radius 3 is 2.58 bits per heavy atom. The summed E-state index contributed by atoms with van der Waals surface area (Å²) in [6.45, 7) is 5.08. The second-order valence-electron chi connectivity index (χ2n) is 7.26. The third-order valence-electron chi connectivity index (χ3n) is 4.89. The smallest absolute Gasteiger partial charge is 0.293 e. The summed E-state index contributed by atoms with van der Waals surface area (Å²) in [7, 11) is 4.10. The number of hydrogen-bond acceptors (Lipinski definition) is 5. The van der Waals surface area contributed by atoms with E-state index in [4.69, 9.17) is 4.98 Å². The zero-order valence-corrected chi connectivity index (χ0v) is 15.9. The normalized spacial score (nSPS) is 17.3. The molecule has 140 valence electrons. The van der Waals surface area contributed by atoms with Gasteiger partial charge in [-0.25, -0.2) is 4.98 Å². The van der Waals surface area contributed by atoms with E-state index in [0.29, 0.717) is 18.9 Å². The lowest BCUT2D eigenvalue weighted by molar-refractivity contribution is 0.238. The molecule has 2 heterocycles. The number of aliphatic hydroxyl groups is 1. The molecule has 3 rings (SSSR count). The Morgan fingerprint density at radius 2 is 2.00 bits per heavy atom. The fourth-order valence-electron chi connectivity index (χ4n) is 3.43.